The summed E-state index contributed by atoms with van der Waals surface area (Å²) in [7, 11) is 1.56. The van der Waals surface area contributed by atoms with Gasteiger partial charge >= 0.3 is 0 Å². The molecule has 0 radical (unpaired) electrons. The van der Waals surface area contributed by atoms with Crippen LogP contribution in [0, 0.1) is 0 Å². The Labute approximate surface area is 97.2 Å². The van der Waals surface area contributed by atoms with E-state index in [-0.39, 0.29) is 10.6 Å². The monoisotopic (exact) mass is 274 g/mol. The smallest absolute Gasteiger partial charge is 0.176 e. The molecule has 0 aliphatic carbocycles. The first-order valence-electron chi connectivity index (χ1n) is 4.11. The molecule has 1 aromatic rings. The summed E-state index contributed by atoms with van der Waals surface area (Å²) < 4.78 is 5.05. The first-order valence-corrected chi connectivity index (χ1v) is 5.47. The molecule has 0 saturated carbocycles. The number of carbonyl (C=O) groups excluding carboxylic acids is 1. The molecule has 2 nitrogen and oxygen atoms in total. The van der Waals surface area contributed by atoms with E-state index in [0.29, 0.717) is 11.3 Å². The molecular weight excluding hydrogens is 264 g/mol. The number of halogens is 1. The van der Waals surface area contributed by atoms with E-state index in [4.69, 9.17) is 4.74 Å². The predicted molar refractivity (Wildman–Crippen MR) is 63.0 cm³/mol. The third-order valence-corrected chi connectivity index (χ3v) is 2.45. The summed E-state index contributed by atoms with van der Waals surface area (Å²) in [6.45, 7) is 1.79. The van der Waals surface area contributed by atoms with Gasteiger partial charge in [0.2, 0.25) is 0 Å². The summed E-state index contributed by atoms with van der Waals surface area (Å²) in [5.41, 5.74) is 0.610. The van der Waals surface area contributed by atoms with Crippen LogP contribution < -0.4 is 4.74 Å². The lowest BCUT2D eigenvalue weighted by Gasteiger charge is -2.06. The van der Waals surface area contributed by atoms with Gasteiger partial charge in [0.25, 0.3) is 0 Å². The lowest BCUT2D eigenvalue weighted by molar-refractivity contribution is 0.0995. The van der Waals surface area contributed by atoms with Gasteiger partial charge in [0.05, 0.1) is 11.9 Å². The molecule has 1 aromatic carbocycles. The van der Waals surface area contributed by atoms with Crippen molar-refractivity contribution in [2.24, 2.45) is 0 Å². The van der Waals surface area contributed by atoms with E-state index in [1.165, 1.54) is 0 Å². The first kappa shape index (κ1) is 11.6. The van der Waals surface area contributed by atoms with Crippen molar-refractivity contribution in [1.82, 2.24) is 0 Å². The SMILES string of the molecule is COc1cc(S)cc(C(=O)C(C)Br)c1. The molecule has 1 unspecified atom stereocenters. The van der Waals surface area contributed by atoms with Gasteiger partial charge in [-0.3, -0.25) is 4.79 Å². The summed E-state index contributed by atoms with van der Waals surface area (Å²) in [6, 6.07) is 5.20. The van der Waals surface area contributed by atoms with Gasteiger partial charge in [-0.2, -0.15) is 0 Å². The maximum absolute atomic E-state index is 11.6. The summed E-state index contributed by atoms with van der Waals surface area (Å²) in [6.07, 6.45) is 0. The van der Waals surface area contributed by atoms with Crippen LogP contribution >= 0.6 is 28.6 Å². The van der Waals surface area contributed by atoms with Gasteiger partial charge < -0.3 is 4.74 Å². The zero-order valence-corrected chi connectivity index (χ0v) is 10.4. The Balaban J connectivity index is 3.09. The molecule has 0 fully saturated rings. The van der Waals surface area contributed by atoms with Gasteiger partial charge in [0.15, 0.2) is 5.78 Å². The van der Waals surface area contributed by atoms with Gasteiger partial charge in [-0.15, -0.1) is 12.6 Å². The minimum Gasteiger partial charge on any atom is -0.497 e. The summed E-state index contributed by atoms with van der Waals surface area (Å²) in [4.78, 5) is 12.2. The van der Waals surface area contributed by atoms with Crippen LogP contribution in [0.1, 0.15) is 17.3 Å². The Morgan fingerprint density at radius 3 is 2.64 bits per heavy atom. The fraction of sp³-hybridized carbons (Fsp3) is 0.300. The molecule has 4 heteroatoms. The zero-order chi connectivity index (χ0) is 10.7. The molecule has 0 heterocycles. The molecule has 14 heavy (non-hydrogen) atoms. The van der Waals surface area contributed by atoms with Gasteiger partial charge in [0, 0.05) is 10.5 Å². The molecule has 0 amide bonds. The number of hydrogen-bond donors (Lipinski definition) is 1. The number of alkyl halides is 1. The average molecular weight is 275 g/mol. The van der Waals surface area contributed by atoms with E-state index in [1.54, 1.807) is 32.2 Å². The molecule has 0 N–H and O–H groups in total. The normalized spacial score (nSPS) is 12.3. The number of methoxy groups -OCH3 is 1. The van der Waals surface area contributed by atoms with Gasteiger partial charge in [-0.05, 0) is 25.1 Å². The highest BCUT2D eigenvalue weighted by Crippen LogP contribution is 2.21. The molecule has 0 aromatic heterocycles. The topological polar surface area (TPSA) is 26.3 Å². The van der Waals surface area contributed by atoms with Crippen molar-refractivity contribution in [3.63, 3.8) is 0 Å². The summed E-state index contributed by atoms with van der Waals surface area (Å²) in [5.74, 6) is 0.674. The maximum atomic E-state index is 11.6. The Morgan fingerprint density at radius 2 is 2.14 bits per heavy atom. The highest BCUT2D eigenvalue weighted by molar-refractivity contribution is 9.10. The Morgan fingerprint density at radius 1 is 1.50 bits per heavy atom. The Hall–Kier alpha value is -0.480. The third kappa shape index (κ3) is 2.75. The number of hydrogen-bond acceptors (Lipinski definition) is 3. The van der Waals surface area contributed by atoms with Crippen LogP contribution in [0.2, 0.25) is 0 Å². The first-order chi connectivity index (χ1) is 6.54. The van der Waals surface area contributed by atoms with E-state index < -0.39 is 0 Å². The van der Waals surface area contributed by atoms with E-state index in [1.807, 2.05) is 0 Å². The van der Waals surface area contributed by atoms with Crippen molar-refractivity contribution in [3.05, 3.63) is 23.8 Å². The molecule has 0 saturated heterocycles. The molecule has 0 bridgehead atoms. The largest absolute Gasteiger partial charge is 0.497 e. The van der Waals surface area contributed by atoms with E-state index in [9.17, 15) is 4.79 Å². The number of ether oxygens (including phenoxy) is 1. The van der Waals surface area contributed by atoms with Crippen molar-refractivity contribution < 1.29 is 9.53 Å². The van der Waals surface area contributed by atoms with Crippen molar-refractivity contribution in [3.8, 4) is 5.75 Å². The Bertz CT molecular complexity index is 350. The second-order valence-electron chi connectivity index (χ2n) is 2.90. The number of thiol groups is 1. The van der Waals surface area contributed by atoms with Crippen LogP contribution in [0.4, 0.5) is 0 Å². The molecule has 1 atom stereocenters. The van der Waals surface area contributed by atoms with E-state index in [0.717, 1.165) is 4.90 Å². The fourth-order valence-electron chi connectivity index (χ4n) is 1.07. The quantitative estimate of drug-likeness (QED) is 0.521. The van der Waals surface area contributed by atoms with Crippen molar-refractivity contribution >= 4 is 34.3 Å². The van der Waals surface area contributed by atoms with Crippen molar-refractivity contribution in [2.75, 3.05) is 7.11 Å². The Kier molecular flexibility index (Phi) is 4.01. The third-order valence-electron chi connectivity index (χ3n) is 1.77. The van der Waals surface area contributed by atoms with Crippen LogP contribution in [0.3, 0.4) is 0 Å². The number of benzene rings is 1. The van der Waals surface area contributed by atoms with Crippen molar-refractivity contribution in [2.45, 2.75) is 16.6 Å². The van der Waals surface area contributed by atoms with E-state index >= 15 is 0 Å². The highest BCUT2D eigenvalue weighted by Gasteiger charge is 2.13. The standard InChI is InChI=1S/C10H11BrO2S/c1-6(11)10(12)7-3-8(13-2)5-9(14)4-7/h3-6,14H,1-2H3. The highest BCUT2D eigenvalue weighted by atomic mass is 79.9. The minimum atomic E-state index is -0.192. The molecule has 0 spiro atoms. The second kappa shape index (κ2) is 4.84. The molecular formula is C10H11BrO2S. The predicted octanol–water partition coefficient (Wildman–Crippen LogP) is 2.95. The number of Topliss-reactive ketones (excluding diaryl/α,β-unsaturated/α-hetero) is 1. The van der Waals surface area contributed by atoms with Gasteiger partial charge in [0.1, 0.15) is 5.75 Å². The average Bonchev–Trinajstić information content (AvgIpc) is 2.15. The van der Waals surface area contributed by atoms with Gasteiger partial charge in [-0.25, -0.2) is 0 Å². The van der Waals surface area contributed by atoms with Crippen LogP contribution in [0.5, 0.6) is 5.75 Å². The molecule has 76 valence electrons. The van der Waals surface area contributed by atoms with Gasteiger partial charge in [-0.1, -0.05) is 15.9 Å². The van der Waals surface area contributed by atoms with Crippen LogP contribution in [0.15, 0.2) is 23.1 Å². The van der Waals surface area contributed by atoms with Crippen molar-refractivity contribution in [1.29, 1.82) is 0 Å². The summed E-state index contributed by atoms with van der Waals surface area (Å²) in [5, 5.41) is 0. The molecule has 1 rings (SSSR count). The second-order valence-corrected chi connectivity index (χ2v) is 4.79. The minimum absolute atomic E-state index is 0.0270. The molecule has 0 aliphatic heterocycles. The van der Waals surface area contributed by atoms with Crippen LogP contribution in [0.25, 0.3) is 0 Å². The number of rotatable bonds is 3. The molecule has 0 aliphatic rings. The lowest BCUT2D eigenvalue weighted by atomic mass is 10.1. The number of ketones is 1. The van der Waals surface area contributed by atoms with E-state index in [2.05, 4.69) is 28.6 Å². The lowest BCUT2D eigenvalue weighted by Crippen LogP contribution is -2.09. The zero-order valence-electron chi connectivity index (χ0n) is 7.95. The summed E-state index contributed by atoms with van der Waals surface area (Å²) >= 11 is 7.43. The maximum Gasteiger partial charge on any atom is 0.176 e. The van der Waals surface area contributed by atoms with Crippen LogP contribution in [-0.2, 0) is 0 Å². The number of carbonyl (C=O) groups is 1. The fourth-order valence-corrected chi connectivity index (χ4v) is 1.60. The van der Waals surface area contributed by atoms with Crippen LogP contribution in [-0.4, -0.2) is 17.7 Å².